The Hall–Kier alpha value is -1.68. The van der Waals surface area contributed by atoms with E-state index in [4.69, 9.17) is 0 Å². The molecule has 0 aromatic heterocycles. The zero-order valence-electron chi connectivity index (χ0n) is 14.6. The normalized spacial score (nSPS) is 16.6. The number of benzene rings is 1. The second-order valence-electron chi connectivity index (χ2n) is 5.77. The molecule has 1 fully saturated rings. The number of carbonyl (C=O) groups excluding carboxylic acids is 2. The van der Waals surface area contributed by atoms with E-state index in [2.05, 4.69) is 19.5 Å². The monoisotopic (exact) mass is 406 g/mol. The Balaban J connectivity index is 0.00000338. The molecule has 1 aliphatic rings. The van der Waals surface area contributed by atoms with Crippen molar-refractivity contribution in [2.75, 3.05) is 33.9 Å². The van der Waals surface area contributed by atoms with Crippen LogP contribution in [0.2, 0.25) is 0 Å². The van der Waals surface area contributed by atoms with Crippen LogP contribution in [-0.2, 0) is 19.5 Å². The number of methoxy groups -OCH3 is 2. The number of hydrogen-bond donors (Lipinski definition) is 2. The van der Waals surface area contributed by atoms with Crippen LogP contribution in [0, 0.1) is 5.92 Å². The quantitative estimate of drug-likeness (QED) is 0.649. The highest BCUT2D eigenvalue weighted by Crippen LogP contribution is 2.18. The third kappa shape index (κ3) is 5.66. The molecule has 1 heterocycles. The molecular formula is C16H23ClN2O6S. The lowest BCUT2D eigenvalue weighted by molar-refractivity contribution is 0.0598. The van der Waals surface area contributed by atoms with Crippen molar-refractivity contribution in [2.24, 2.45) is 5.92 Å². The Kier molecular flexibility index (Phi) is 8.48. The molecule has 1 saturated heterocycles. The van der Waals surface area contributed by atoms with Crippen LogP contribution in [-0.4, -0.2) is 54.2 Å². The molecule has 2 N–H and O–H groups in total. The molecule has 1 atom stereocenters. The van der Waals surface area contributed by atoms with E-state index in [1.807, 2.05) is 0 Å². The topological polar surface area (TPSA) is 111 Å². The van der Waals surface area contributed by atoms with Gasteiger partial charge in [0.1, 0.15) is 0 Å². The summed E-state index contributed by atoms with van der Waals surface area (Å²) in [4.78, 5) is 23.3. The van der Waals surface area contributed by atoms with Crippen LogP contribution in [0.25, 0.3) is 0 Å². The van der Waals surface area contributed by atoms with Gasteiger partial charge in [-0.15, -0.1) is 12.4 Å². The van der Waals surface area contributed by atoms with E-state index in [0.717, 1.165) is 19.5 Å². The van der Waals surface area contributed by atoms with Crippen molar-refractivity contribution in [2.45, 2.75) is 17.7 Å². The zero-order valence-corrected chi connectivity index (χ0v) is 16.2. The Bertz CT molecular complexity index is 713. The van der Waals surface area contributed by atoms with E-state index in [1.54, 1.807) is 0 Å². The van der Waals surface area contributed by atoms with Gasteiger partial charge in [-0.3, -0.25) is 0 Å². The predicted molar refractivity (Wildman–Crippen MR) is 97.2 cm³/mol. The highest BCUT2D eigenvalue weighted by Gasteiger charge is 2.22. The number of ether oxygens (including phenoxy) is 2. The lowest BCUT2D eigenvalue weighted by atomic mass is 10.1. The maximum Gasteiger partial charge on any atom is 0.337 e. The van der Waals surface area contributed by atoms with Crippen molar-refractivity contribution in [3.63, 3.8) is 0 Å². The maximum atomic E-state index is 12.5. The first-order valence-corrected chi connectivity index (χ1v) is 9.38. The van der Waals surface area contributed by atoms with Gasteiger partial charge in [0.05, 0.1) is 30.2 Å². The van der Waals surface area contributed by atoms with E-state index in [0.29, 0.717) is 12.3 Å². The van der Waals surface area contributed by atoms with Gasteiger partial charge in [-0.25, -0.2) is 22.7 Å². The SMILES string of the molecule is COC(=O)c1cc(C(=O)OC)cc(S(=O)(=O)NCCC2CCNC2)c1.Cl. The summed E-state index contributed by atoms with van der Waals surface area (Å²) in [5, 5.41) is 3.22. The van der Waals surface area contributed by atoms with Gasteiger partial charge in [0.2, 0.25) is 10.0 Å². The minimum atomic E-state index is -3.87. The van der Waals surface area contributed by atoms with Crippen molar-refractivity contribution < 1.29 is 27.5 Å². The fraction of sp³-hybridized carbons (Fsp3) is 0.500. The van der Waals surface area contributed by atoms with Crippen molar-refractivity contribution in [1.29, 1.82) is 0 Å². The molecule has 0 radical (unpaired) electrons. The van der Waals surface area contributed by atoms with Gasteiger partial charge >= 0.3 is 11.9 Å². The van der Waals surface area contributed by atoms with Gasteiger partial charge in [-0.05, 0) is 50.0 Å². The fourth-order valence-corrected chi connectivity index (χ4v) is 3.78. The lowest BCUT2D eigenvalue weighted by Gasteiger charge is -2.12. The first-order valence-electron chi connectivity index (χ1n) is 7.89. The number of sulfonamides is 1. The predicted octanol–water partition coefficient (Wildman–Crippen LogP) is 0.960. The van der Waals surface area contributed by atoms with Crippen LogP contribution in [0.5, 0.6) is 0 Å². The Morgan fingerprint density at radius 3 is 2.19 bits per heavy atom. The number of rotatable bonds is 7. The molecule has 1 aromatic carbocycles. The molecule has 1 unspecified atom stereocenters. The van der Waals surface area contributed by atoms with Gasteiger partial charge < -0.3 is 14.8 Å². The molecule has 0 saturated carbocycles. The standard InChI is InChI=1S/C16H22N2O6S.ClH/c1-23-15(19)12-7-13(16(20)24-2)9-14(8-12)25(21,22)18-6-4-11-3-5-17-10-11;/h7-9,11,17-18H,3-6,10H2,1-2H3;1H. The van der Waals surface area contributed by atoms with E-state index in [9.17, 15) is 18.0 Å². The third-order valence-electron chi connectivity index (χ3n) is 4.07. The first kappa shape index (κ1) is 22.4. The second kappa shape index (κ2) is 9.86. The minimum Gasteiger partial charge on any atom is -0.465 e. The van der Waals surface area contributed by atoms with Crippen molar-refractivity contribution in [1.82, 2.24) is 10.0 Å². The van der Waals surface area contributed by atoms with Gasteiger partial charge in [0.25, 0.3) is 0 Å². The van der Waals surface area contributed by atoms with Crippen LogP contribution in [0.4, 0.5) is 0 Å². The molecule has 146 valence electrons. The van der Waals surface area contributed by atoms with Crippen LogP contribution in [0.1, 0.15) is 33.6 Å². The van der Waals surface area contributed by atoms with Crippen LogP contribution in [0.3, 0.4) is 0 Å². The zero-order chi connectivity index (χ0) is 18.4. The summed E-state index contributed by atoms with van der Waals surface area (Å²) in [7, 11) is -1.51. The summed E-state index contributed by atoms with van der Waals surface area (Å²) in [5.41, 5.74) is -0.0727. The highest BCUT2D eigenvalue weighted by molar-refractivity contribution is 7.89. The Morgan fingerprint density at radius 1 is 1.15 bits per heavy atom. The Morgan fingerprint density at radius 2 is 1.73 bits per heavy atom. The van der Waals surface area contributed by atoms with Crippen molar-refractivity contribution in [3.8, 4) is 0 Å². The molecule has 1 aromatic rings. The summed E-state index contributed by atoms with van der Waals surface area (Å²) in [6.45, 7) is 2.11. The third-order valence-corrected chi connectivity index (χ3v) is 5.51. The number of nitrogens with one attached hydrogen (secondary N) is 2. The van der Waals surface area contributed by atoms with Crippen molar-refractivity contribution in [3.05, 3.63) is 29.3 Å². The lowest BCUT2D eigenvalue weighted by Crippen LogP contribution is -2.27. The fourth-order valence-electron chi connectivity index (χ4n) is 2.67. The summed E-state index contributed by atoms with van der Waals surface area (Å²) < 4.78 is 36.7. The van der Waals surface area contributed by atoms with Gasteiger partial charge in [0, 0.05) is 6.54 Å². The summed E-state index contributed by atoms with van der Waals surface area (Å²) in [6.07, 6.45) is 1.73. The van der Waals surface area contributed by atoms with Crippen LogP contribution >= 0.6 is 12.4 Å². The number of carbonyl (C=O) groups is 2. The largest absolute Gasteiger partial charge is 0.465 e. The minimum absolute atomic E-state index is 0. The molecule has 8 nitrogen and oxygen atoms in total. The van der Waals surface area contributed by atoms with Gasteiger partial charge in [0.15, 0.2) is 0 Å². The molecule has 2 rings (SSSR count). The molecular weight excluding hydrogens is 384 g/mol. The molecule has 0 spiro atoms. The molecule has 10 heteroatoms. The molecule has 26 heavy (non-hydrogen) atoms. The van der Waals surface area contributed by atoms with Gasteiger partial charge in [-0.1, -0.05) is 0 Å². The van der Waals surface area contributed by atoms with Gasteiger partial charge in [-0.2, -0.15) is 0 Å². The highest BCUT2D eigenvalue weighted by atomic mass is 35.5. The maximum absolute atomic E-state index is 12.5. The van der Waals surface area contributed by atoms with E-state index < -0.39 is 22.0 Å². The first-order chi connectivity index (χ1) is 11.9. The number of halogens is 1. The number of hydrogen-bond acceptors (Lipinski definition) is 7. The second-order valence-corrected chi connectivity index (χ2v) is 7.54. The molecule has 0 bridgehead atoms. The summed E-state index contributed by atoms with van der Waals surface area (Å²) in [5.74, 6) is -1.03. The molecule has 0 aliphatic carbocycles. The van der Waals surface area contributed by atoms with E-state index in [-0.39, 0.29) is 35.0 Å². The van der Waals surface area contributed by atoms with Crippen molar-refractivity contribution >= 4 is 34.4 Å². The van der Waals surface area contributed by atoms with Crippen LogP contribution in [0.15, 0.2) is 23.1 Å². The van der Waals surface area contributed by atoms with E-state index in [1.165, 1.54) is 32.4 Å². The average Bonchev–Trinajstić information content (AvgIpc) is 3.13. The molecule has 1 aliphatic heterocycles. The van der Waals surface area contributed by atoms with Crippen LogP contribution < -0.4 is 10.0 Å². The molecule has 0 amide bonds. The Labute approximate surface area is 159 Å². The summed E-state index contributed by atoms with van der Waals surface area (Å²) in [6, 6.07) is 3.59. The number of esters is 2. The average molecular weight is 407 g/mol. The smallest absolute Gasteiger partial charge is 0.337 e. The van der Waals surface area contributed by atoms with E-state index >= 15 is 0 Å². The summed E-state index contributed by atoms with van der Waals surface area (Å²) >= 11 is 0.